The van der Waals surface area contributed by atoms with Gasteiger partial charge in [0.2, 0.25) is 5.91 Å². The zero-order valence-corrected chi connectivity index (χ0v) is 35.0. The second-order valence-electron chi connectivity index (χ2n) is 16.5. The van der Waals surface area contributed by atoms with Crippen molar-refractivity contribution in [1.82, 2.24) is 20.9 Å². The van der Waals surface area contributed by atoms with E-state index in [1.165, 1.54) is 19.3 Å². The smallest absolute Gasteiger partial charge is 0.407 e. The van der Waals surface area contributed by atoms with Gasteiger partial charge >= 0.3 is 6.09 Å². The second kappa shape index (κ2) is 25.1. The van der Waals surface area contributed by atoms with Crippen LogP contribution in [0.3, 0.4) is 0 Å². The molecular formula is C42H74N4O8. The minimum absolute atomic E-state index is 0.0218. The lowest BCUT2D eigenvalue weighted by Crippen LogP contribution is -2.49. The van der Waals surface area contributed by atoms with E-state index in [9.17, 15) is 19.5 Å². The predicted molar refractivity (Wildman–Crippen MR) is 214 cm³/mol. The van der Waals surface area contributed by atoms with Crippen LogP contribution in [0.2, 0.25) is 0 Å². The summed E-state index contributed by atoms with van der Waals surface area (Å²) >= 11 is 0. The quantitative estimate of drug-likeness (QED) is 0.0812. The van der Waals surface area contributed by atoms with E-state index in [1.54, 1.807) is 40.0 Å². The number of ether oxygens (including phenoxy) is 4. The van der Waals surface area contributed by atoms with Gasteiger partial charge in [-0.15, -0.1) is 0 Å². The van der Waals surface area contributed by atoms with E-state index < -0.39 is 29.8 Å². The van der Waals surface area contributed by atoms with E-state index in [-0.39, 0.29) is 36.0 Å². The number of likely N-dealkylation sites (tertiary alicyclic amines) is 1. The number of benzene rings is 1. The van der Waals surface area contributed by atoms with Gasteiger partial charge < -0.3 is 40.0 Å². The molecule has 4 N–H and O–H groups in total. The molecule has 0 bridgehead atoms. The molecule has 2 rings (SSSR count). The first-order valence-electron chi connectivity index (χ1n) is 20.5. The summed E-state index contributed by atoms with van der Waals surface area (Å²) in [4.78, 5) is 42.4. The van der Waals surface area contributed by atoms with Crippen LogP contribution in [0.25, 0.3) is 0 Å². The normalized spacial score (nSPS) is 16.0. The minimum atomic E-state index is -1.03. The Kier molecular flexibility index (Phi) is 21.9. The van der Waals surface area contributed by atoms with Crippen molar-refractivity contribution in [3.05, 3.63) is 23.8 Å². The number of carbonyl (C=O) groups excluding carboxylic acids is 3. The van der Waals surface area contributed by atoms with Crippen LogP contribution >= 0.6 is 0 Å². The molecule has 12 nitrogen and oxygen atoms in total. The fraction of sp³-hybridized carbons (Fsp3) is 0.786. The second-order valence-corrected chi connectivity index (χ2v) is 16.5. The first-order valence-corrected chi connectivity index (χ1v) is 20.5. The van der Waals surface area contributed by atoms with Crippen molar-refractivity contribution in [2.75, 3.05) is 59.7 Å². The third kappa shape index (κ3) is 18.5. The minimum Gasteiger partial charge on any atom is -0.493 e. The number of rotatable bonds is 25. The lowest BCUT2D eigenvalue weighted by Gasteiger charge is -2.33. The Morgan fingerprint density at radius 2 is 1.59 bits per heavy atom. The summed E-state index contributed by atoms with van der Waals surface area (Å²) in [5, 5.41) is 20.7. The summed E-state index contributed by atoms with van der Waals surface area (Å²) < 4.78 is 23.0. The van der Waals surface area contributed by atoms with Crippen molar-refractivity contribution in [1.29, 1.82) is 0 Å². The summed E-state index contributed by atoms with van der Waals surface area (Å²) in [6.07, 6.45) is 6.04. The number of unbranched alkanes of at least 4 members (excludes halogenated alkanes) is 2. The highest BCUT2D eigenvalue weighted by Gasteiger charge is 2.33. The molecule has 1 heterocycles. The highest BCUT2D eigenvalue weighted by atomic mass is 16.6. The molecular weight excluding hydrogens is 688 g/mol. The number of amides is 3. The van der Waals surface area contributed by atoms with Crippen molar-refractivity contribution in [2.24, 2.45) is 23.7 Å². The Morgan fingerprint density at radius 1 is 0.889 bits per heavy atom. The van der Waals surface area contributed by atoms with Gasteiger partial charge in [0.15, 0.2) is 0 Å². The first kappa shape index (κ1) is 47.1. The number of alkyl carbamates (subject to hydrolysis) is 1. The Hall–Kier alpha value is -3.09. The lowest BCUT2D eigenvalue weighted by atomic mass is 9.82. The summed E-state index contributed by atoms with van der Waals surface area (Å²) in [6, 6.07) is 4.63. The molecule has 1 aliphatic heterocycles. The molecule has 0 saturated carbocycles. The molecule has 0 unspecified atom stereocenters. The van der Waals surface area contributed by atoms with E-state index in [2.05, 4.69) is 41.6 Å². The van der Waals surface area contributed by atoms with Crippen LogP contribution in [0, 0.1) is 23.7 Å². The average molecular weight is 763 g/mol. The van der Waals surface area contributed by atoms with Crippen LogP contribution in [0.5, 0.6) is 11.5 Å². The molecule has 310 valence electrons. The monoisotopic (exact) mass is 763 g/mol. The van der Waals surface area contributed by atoms with Crippen LogP contribution < -0.4 is 25.4 Å². The van der Waals surface area contributed by atoms with E-state index in [0.29, 0.717) is 56.4 Å². The van der Waals surface area contributed by atoms with Crippen molar-refractivity contribution in [3.63, 3.8) is 0 Å². The molecule has 1 saturated heterocycles. The van der Waals surface area contributed by atoms with Crippen LogP contribution in [0.1, 0.15) is 124 Å². The van der Waals surface area contributed by atoms with E-state index in [1.807, 2.05) is 19.9 Å². The molecule has 0 radical (unpaired) electrons. The molecule has 4 atom stereocenters. The Labute approximate surface area is 326 Å². The summed E-state index contributed by atoms with van der Waals surface area (Å²) in [6.45, 7) is 21.0. The maximum atomic E-state index is 13.8. The first-order chi connectivity index (χ1) is 25.6. The number of piperidine rings is 1. The van der Waals surface area contributed by atoms with E-state index >= 15 is 0 Å². The van der Waals surface area contributed by atoms with Gasteiger partial charge in [0.25, 0.3) is 5.91 Å². The van der Waals surface area contributed by atoms with Gasteiger partial charge in [0.1, 0.15) is 23.7 Å². The van der Waals surface area contributed by atoms with Gasteiger partial charge in [-0.2, -0.15) is 0 Å². The Morgan fingerprint density at radius 3 is 2.22 bits per heavy atom. The van der Waals surface area contributed by atoms with Crippen molar-refractivity contribution in [3.8, 4) is 11.5 Å². The van der Waals surface area contributed by atoms with Crippen LogP contribution in [0.15, 0.2) is 18.2 Å². The average Bonchev–Trinajstić information content (AvgIpc) is 3.11. The molecule has 12 heteroatoms. The molecule has 3 amide bonds. The van der Waals surface area contributed by atoms with Gasteiger partial charge in [-0.05, 0) is 109 Å². The third-order valence-corrected chi connectivity index (χ3v) is 9.98. The van der Waals surface area contributed by atoms with Crippen LogP contribution in [-0.2, 0) is 14.3 Å². The van der Waals surface area contributed by atoms with Gasteiger partial charge in [0, 0.05) is 45.3 Å². The van der Waals surface area contributed by atoms with Crippen molar-refractivity contribution in [2.45, 2.75) is 131 Å². The third-order valence-electron chi connectivity index (χ3n) is 9.98. The number of aliphatic hydroxyl groups is 1. The SMILES string of the molecule is CCCCNC(=O)[C@@H](C[C@H](O)[C@H](C[C@H](CNC(=O)c1ccc(OCCN2CCCCC2)cc1OCCCCOC)C(C)C)NC(=O)OC(C)(C)C)C(C)C. The van der Waals surface area contributed by atoms with E-state index in [4.69, 9.17) is 18.9 Å². The van der Waals surface area contributed by atoms with Crippen LogP contribution in [-0.4, -0.2) is 105 Å². The highest BCUT2D eigenvalue weighted by Crippen LogP contribution is 2.28. The van der Waals surface area contributed by atoms with E-state index in [0.717, 1.165) is 45.3 Å². The zero-order valence-electron chi connectivity index (χ0n) is 35.0. The molecule has 1 aromatic carbocycles. The zero-order chi connectivity index (χ0) is 40.1. The lowest BCUT2D eigenvalue weighted by molar-refractivity contribution is -0.127. The number of carbonyl (C=O) groups is 3. The van der Waals surface area contributed by atoms with Gasteiger partial charge in [0.05, 0.1) is 24.3 Å². The number of aliphatic hydroxyl groups excluding tert-OH is 1. The summed E-state index contributed by atoms with van der Waals surface area (Å²) in [5.74, 6) is 0.219. The Balaban J connectivity index is 2.22. The molecule has 0 aliphatic carbocycles. The molecule has 1 aliphatic rings. The standard InChI is InChI=1S/C42H74N4O8/c1-10-11-19-43-40(49)35(31(4)5)28-37(47)36(45-41(50)54-42(6,7)8)26-32(30(2)3)29-44-39(48)34-18-17-33(27-38(34)53-24-16-15-23-51-9)52-25-22-46-20-13-12-14-21-46/h17-18,27,30-32,35-37,47H,10-16,19-26,28-29H2,1-9H3,(H,43,49)(H,44,48)(H,45,50)/t32-,35+,36+,37+/m1/s1. The highest BCUT2D eigenvalue weighted by molar-refractivity contribution is 5.97. The number of hydrogen-bond donors (Lipinski definition) is 4. The van der Waals surface area contributed by atoms with Crippen LogP contribution in [0.4, 0.5) is 4.79 Å². The van der Waals surface area contributed by atoms with Crippen molar-refractivity contribution >= 4 is 17.9 Å². The maximum absolute atomic E-state index is 13.8. The number of hydrogen-bond acceptors (Lipinski definition) is 9. The van der Waals surface area contributed by atoms with Gasteiger partial charge in [-0.3, -0.25) is 14.5 Å². The fourth-order valence-corrected chi connectivity index (χ4v) is 6.54. The molecule has 0 aromatic heterocycles. The topological polar surface area (TPSA) is 148 Å². The Bertz CT molecular complexity index is 1230. The number of nitrogens with zero attached hydrogens (tertiary/aromatic N) is 1. The van der Waals surface area contributed by atoms with Gasteiger partial charge in [-0.1, -0.05) is 47.5 Å². The predicted octanol–water partition coefficient (Wildman–Crippen LogP) is 6.58. The summed E-state index contributed by atoms with van der Waals surface area (Å²) in [5.41, 5.74) is -0.327. The number of nitrogens with one attached hydrogen (secondary N) is 3. The fourth-order valence-electron chi connectivity index (χ4n) is 6.54. The molecule has 54 heavy (non-hydrogen) atoms. The molecule has 0 spiro atoms. The maximum Gasteiger partial charge on any atom is 0.407 e. The number of methoxy groups -OCH3 is 1. The summed E-state index contributed by atoms with van der Waals surface area (Å²) in [7, 11) is 1.67. The molecule has 1 fully saturated rings. The van der Waals surface area contributed by atoms with Crippen molar-refractivity contribution < 1.29 is 38.4 Å². The largest absolute Gasteiger partial charge is 0.493 e. The van der Waals surface area contributed by atoms with Gasteiger partial charge in [-0.25, -0.2) is 4.79 Å². The molecule has 1 aromatic rings.